The molecule has 1 aromatic heterocycles. The number of nitrogens with two attached hydrogens (primary N) is 1. The SMILES string of the molecule is C[C@@H](N)[C@H]1CC[C@H](C(=O)Nc2ccncc2)CC1.Cl.Cl. The first-order valence-electron chi connectivity index (χ1n) is 6.63. The molecule has 6 heteroatoms. The number of nitrogens with one attached hydrogen (secondary N) is 1. The van der Waals surface area contributed by atoms with Crippen LogP contribution in [-0.4, -0.2) is 16.9 Å². The molecule has 0 aromatic carbocycles. The zero-order chi connectivity index (χ0) is 13.0. The number of nitrogens with zero attached hydrogens (tertiary/aromatic N) is 1. The van der Waals surface area contributed by atoms with E-state index in [2.05, 4.69) is 17.2 Å². The predicted octanol–water partition coefficient (Wildman–Crippen LogP) is 3.02. The highest BCUT2D eigenvalue weighted by atomic mass is 35.5. The zero-order valence-corrected chi connectivity index (χ0v) is 13.3. The minimum atomic E-state index is 0. The lowest BCUT2D eigenvalue weighted by Crippen LogP contribution is -2.33. The van der Waals surface area contributed by atoms with Crippen molar-refractivity contribution in [2.24, 2.45) is 17.6 Å². The van der Waals surface area contributed by atoms with Crippen LogP contribution in [0.3, 0.4) is 0 Å². The highest BCUT2D eigenvalue weighted by molar-refractivity contribution is 5.92. The highest BCUT2D eigenvalue weighted by Crippen LogP contribution is 2.30. The maximum Gasteiger partial charge on any atom is 0.227 e. The fourth-order valence-electron chi connectivity index (χ4n) is 2.59. The Labute approximate surface area is 132 Å². The van der Waals surface area contributed by atoms with Crippen molar-refractivity contribution in [2.75, 3.05) is 5.32 Å². The quantitative estimate of drug-likeness (QED) is 0.899. The third-order valence-electron chi connectivity index (χ3n) is 3.83. The smallest absolute Gasteiger partial charge is 0.227 e. The van der Waals surface area contributed by atoms with E-state index in [9.17, 15) is 4.79 Å². The molecule has 3 N–H and O–H groups in total. The van der Waals surface area contributed by atoms with Crippen LogP contribution >= 0.6 is 24.8 Å². The summed E-state index contributed by atoms with van der Waals surface area (Å²) in [6.45, 7) is 2.06. The Morgan fingerprint density at radius 2 is 1.80 bits per heavy atom. The van der Waals surface area contributed by atoms with Gasteiger partial charge >= 0.3 is 0 Å². The number of anilines is 1. The van der Waals surface area contributed by atoms with Gasteiger partial charge in [-0.15, -0.1) is 24.8 Å². The molecule has 114 valence electrons. The number of amides is 1. The summed E-state index contributed by atoms with van der Waals surface area (Å²) in [5.41, 5.74) is 6.73. The summed E-state index contributed by atoms with van der Waals surface area (Å²) in [7, 11) is 0. The van der Waals surface area contributed by atoms with Crippen LogP contribution in [0.4, 0.5) is 5.69 Å². The zero-order valence-electron chi connectivity index (χ0n) is 11.6. The Morgan fingerprint density at radius 3 is 2.30 bits per heavy atom. The van der Waals surface area contributed by atoms with E-state index in [-0.39, 0.29) is 42.7 Å². The van der Waals surface area contributed by atoms with Gasteiger partial charge in [0, 0.05) is 30.0 Å². The van der Waals surface area contributed by atoms with Crippen molar-refractivity contribution in [1.29, 1.82) is 0 Å². The molecular weight excluding hydrogens is 297 g/mol. The molecule has 1 atom stereocenters. The molecule has 0 radical (unpaired) electrons. The van der Waals surface area contributed by atoms with E-state index in [1.807, 2.05) is 12.1 Å². The van der Waals surface area contributed by atoms with Crippen molar-refractivity contribution in [1.82, 2.24) is 4.98 Å². The fraction of sp³-hybridized carbons (Fsp3) is 0.571. The van der Waals surface area contributed by atoms with Gasteiger partial charge in [0.15, 0.2) is 0 Å². The molecule has 1 aromatic rings. The molecule has 4 nitrogen and oxygen atoms in total. The lowest BCUT2D eigenvalue weighted by molar-refractivity contribution is -0.121. The van der Waals surface area contributed by atoms with Crippen molar-refractivity contribution >= 4 is 36.4 Å². The number of aromatic nitrogens is 1. The van der Waals surface area contributed by atoms with E-state index in [1.54, 1.807) is 12.4 Å². The highest BCUT2D eigenvalue weighted by Gasteiger charge is 2.27. The number of halogens is 2. The number of hydrogen-bond donors (Lipinski definition) is 2. The first-order chi connectivity index (χ1) is 8.66. The molecule has 1 aliphatic rings. The van der Waals surface area contributed by atoms with Gasteiger partial charge < -0.3 is 11.1 Å². The van der Waals surface area contributed by atoms with Crippen LogP contribution in [0.5, 0.6) is 0 Å². The first kappa shape index (κ1) is 19.2. The Kier molecular flexibility index (Phi) is 8.78. The van der Waals surface area contributed by atoms with Gasteiger partial charge in [-0.1, -0.05) is 0 Å². The summed E-state index contributed by atoms with van der Waals surface area (Å²) in [4.78, 5) is 16.0. The molecule has 1 fully saturated rings. The predicted molar refractivity (Wildman–Crippen MR) is 86.5 cm³/mol. The van der Waals surface area contributed by atoms with Crippen LogP contribution in [0, 0.1) is 11.8 Å². The molecule has 0 aliphatic heterocycles. The van der Waals surface area contributed by atoms with Crippen LogP contribution in [0.2, 0.25) is 0 Å². The van der Waals surface area contributed by atoms with Crippen molar-refractivity contribution < 1.29 is 4.79 Å². The van der Waals surface area contributed by atoms with Gasteiger partial charge in [0.1, 0.15) is 0 Å². The van der Waals surface area contributed by atoms with Crippen molar-refractivity contribution in [2.45, 2.75) is 38.6 Å². The second-order valence-corrected chi connectivity index (χ2v) is 5.20. The molecule has 1 heterocycles. The van der Waals surface area contributed by atoms with E-state index >= 15 is 0 Å². The number of carbonyl (C=O) groups is 1. The summed E-state index contributed by atoms with van der Waals surface area (Å²) in [6, 6.07) is 3.87. The topological polar surface area (TPSA) is 68.0 Å². The largest absolute Gasteiger partial charge is 0.328 e. The maximum absolute atomic E-state index is 12.1. The van der Waals surface area contributed by atoms with E-state index in [0.717, 1.165) is 31.4 Å². The van der Waals surface area contributed by atoms with Gasteiger partial charge in [0.2, 0.25) is 5.91 Å². The standard InChI is InChI=1S/C14H21N3O.2ClH/c1-10(15)11-2-4-12(5-3-11)14(18)17-13-6-8-16-9-7-13;;/h6-12H,2-5,15H2,1H3,(H,16,17,18);2*1H/t10-,11-,12-;;/m1../s1. The maximum atomic E-state index is 12.1. The summed E-state index contributed by atoms with van der Waals surface area (Å²) in [5.74, 6) is 0.840. The molecular formula is C14H23Cl2N3O. The number of carbonyl (C=O) groups excluding carboxylic acids is 1. The van der Waals surface area contributed by atoms with Crippen molar-refractivity contribution in [3.63, 3.8) is 0 Å². The molecule has 1 saturated carbocycles. The second kappa shape index (κ2) is 9.16. The fourth-order valence-corrected chi connectivity index (χ4v) is 2.59. The number of pyridine rings is 1. The van der Waals surface area contributed by atoms with Gasteiger partial charge in [-0.3, -0.25) is 9.78 Å². The molecule has 1 aliphatic carbocycles. The van der Waals surface area contributed by atoms with Crippen LogP contribution in [-0.2, 0) is 4.79 Å². The van der Waals surface area contributed by atoms with E-state index in [0.29, 0.717) is 5.92 Å². The Balaban J connectivity index is 0.00000180. The Bertz CT molecular complexity index is 393. The molecule has 0 saturated heterocycles. The third-order valence-corrected chi connectivity index (χ3v) is 3.83. The lowest BCUT2D eigenvalue weighted by atomic mass is 9.79. The minimum Gasteiger partial charge on any atom is -0.328 e. The third kappa shape index (κ3) is 5.27. The molecule has 0 bridgehead atoms. The Hall–Kier alpha value is -0.840. The van der Waals surface area contributed by atoms with Crippen LogP contribution in [0.15, 0.2) is 24.5 Å². The normalized spacial score (nSPS) is 22.9. The minimum absolute atomic E-state index is 0. The monoisotopic (exact) mass is 319 g/mol. The molecule has 20 heavy (non-hydrogen) atoms. The van der Waals surface area contributed by atoms with Crippen molar-refractivity contribution in [3.05, 3.63) is 24.5 Å². The second-order valence-electron chi connectivity index (χ2n) is 5.20. The van der Waals surface area contributed by atoms with Gasteiger partial charge in [-0.25, -0.2) is 0 Å². The lowest BCUT2D eigenvalue weighted by Gasteiger charge is -2.29. The number of hydrogen-bond acceptors (Lipinski definition) is 3. The summed E-state index contributed by atoms with van der Waals surface area (Å²) in [5, 5.41) is 2.95. The van der Waals surface area contributed by atoms with E-state index < -0.39 is 0 Å². The van der Waals surface area contributed by atoms with Crippen LogP contribution in [0.25, 0.3) is 0 Å². The molecule has 2 rings (SSSR count). The summed E-state index contributed by atoms with van der Waals surface area (Å²) < 4.78 is 0. The van der Waals surface area contributed by atoms with Crippen LogP contribution in [0.1, 0.15) is 32.6 Å². The van der Waals surface area contributed by atoms with Gasteiger partial charge in [0.05, 0.1) is 0 Å². The van der Waals surface area contributed by atoms with Crippen LogP contribution < -0.4 is 11.1 Å². The average molecular weight is 320 g/mol. The van der Waals surface area contributed by atoms with Gasteiger partial charge in [-0.05, 0) is 50.7 Å². The average Bonchev–Trinajstić information content (AvgIpc) is 2.40. The number of rotatable bonds is 3. The summed E-state index contributed by atoms with van der Waals surface area (Å²) in [6.07, 6.45) is 7.38. The Morgan fingerprint density at radius 1 is 1.25 bits per heavy atom. The van der Waals surface area contributed by atoms with E-state index in [4.69, 9.17) is 5.73 Å². The van der Waals surface area contributed by atoms with E-state index in [1.165, 1.54) is 0 Å². The van der Waals surface area contributed by atoms with Gasteiger partial charge in [-0.2, -0.15) is 0 Å². The molecule has 0 unspecified atom stereocenters. The van der Waals surface area contributed by atoms with Gasteiger partial charge in [0.25, 0.3) is 0 Å². The summed E-state index contributed by atoms with van der Waals surface area (Å²) >= 11 is 0. The molecule has 0 spiro atoms. The first-order valence-corrected chi connectivity index (χ1v) is 6.63. The van der Waals surface area contributed by atoms with Crippen molar-refractivity contribution in [3.8, 4) is 0 Å². The molecule has 1 amide bonds.